The lowest BCUT2D eigenvalue weighted by atomic mass is 10.1. The molecular formula is C17H20OS. The van der Waals surface area contributed by atoms with Crippen molar-refractivity contribution in [1.82, 2.24) is 0 Å². The second-order valence-corrected chi connectivity index (χ2v) is 5.45. The van der Waals surface area contributed by atoms with E-state index in [1.165, 1.54) is 42.4 Å². The van der Waals surface area contributed by atoms with Crippen molar-refractivity contribution in [1.29, 1.82) is 0 Å². The summed E-state index contributed by atoms with van der Waals surface area (Å²) in [5.74, 6) is 0. The van der Waals surface area contributed by atoms with E-state index in [9.17, 15) is 0 Å². The van der Waals surface area contributed by atoms with Gasteiger partial charge in [0.15, 0.2) is 0 Å². The van der Waals surface area contributed by atoms with Crippen molar-refractivity contribution in [2.45, 2.75) is 37.7 Å². The summed E-state index contributed by atoms with van der Waals surface area (Å²) in [6.45, 7) is 2.87. The standard InChI is InChI=1S/C17H20OS/c1-2-3-7-15-10-12-16(13-11-15)14-18-19-17-8-5-4-6-9-17/h4-6,8-13H,2-3,7,14H2,1H3. The van der Waals surface area contributed by atoms with Crippen LogP contribution in [-0.2, 0) is 17.2 Å². The third kappa shape index (κ3) is 5.09. The van der Waals surface area contributed by atoms with Gasteiger partial charge >= 0.3 is 0 Å². The Balaban J connectivity index is 1.77. The highest BCUT2D eigenvalue weighted by Gasteiger charge is 1.97. The lowest BCUT2D eigenvalue weighted by molar-refractivity contribution is 0.364. The van der Waals surface area contributed by atoms with Crippen LogP contribution < -0.4 is 0 Å². The fourth-order valence-electron chi connectivity index (χ4n) is 1.82. The van der Waals surface area contributed by atoms with Crippen LogP contribution in [0.3, 0.4) is 0 Å². The molecule has 0 atom stereocenters. The van der Waals surface area contributed by atoms with Crippen LogP contribution in [0.2, 0.25) is 0 Å². The van der Waals surface area contributed by atoms with Crippen molar-refractivity contribution < 1.29 is 4.18 Å². The van der Waals surface area contributed by atoms with E-state index in [2.05, 4.69) is 43.3 Å². The highest BCUT2D eigenvalue weighted by atomic mass is 32.2. The lowest BCUT2D eigenvalue weighted by Gasteiger charge is -2.05. The molecule has 0 saturated heterocycles. The van der Waals surface area contributed by atoms with Gasteiger partial charge in [-0.15, -0.1) is 0 Å². The van der Waals surface area contributed by atoms with Crippen LogP contribution in [-0.4, -0.2) is 0 Å². The Morgan fingerprint density at radius 2 is 1.58 bits per heavy atom. The average Bonchev–Trinajstić information content (AvgIpc) is 2.47. The molecule has 19 heavy (non-hydrogen) atoms. The predicted molar refractivity (Wildman–Crippen MR) is 82.1 cm³/mol. The van der Waals surface area contributed by atoms with Gasteiger partial charge in [-0.05, 0) is 36.1 Å². The van der Waals surface area contributed by atoms with Gasteiger partial charge in [0.1, 0.15) is 0 Å². The van der Waals surface area contributed by atoms with Crippen LogP contribution in [0.5, 0.6) is 0 Å². The fraction of sp³-hybridized carbons (Fsp3) is 0.294. The van der Waals surface area contributed by atoms with Gasteiger partial charge in [-0.1, -0.05) is 55.8 Å². The van der Waals surface area contributed by atoms with Gasteiger partial charge in [-0.2, -0.15) is 0 Å². The van der Waals surface area contributed by atoms with E-state index in [-0.39, 0.29) is 0 Å². The van der Waals surface area contributed by atoms with Crippen molar-refractivity contribution >= 4 is 12.0 Å². The van der Waals surface area contributed by atoms with Crippen molar-refractivity contribution in [3.05, 3.63) is 65.7 Å². The molecule has 0 fully saturated rings. The van der Waals surface area contributed by atoms with Crippen LogP contribution in [0.1, 0.15) is 30.9 Å². The molecule has 100 valence electrons. The second-order valence-electron chi connectivity index (χ2n) is 4.58. The Morgan fingerprint density at radius 3 is 2.26 bits per heavy atom. The summed E-state index contributed by atoms with van der Waals surface area (Å²) in [6.07, 6.45) is 3.69. The van der Waals surface area contributed by atoms with Crippen LogP contribution >= 0.6 is 12.0 Å². The molecular weight excluding hydrogens is 252 g/mol. The van der Waals surface area contributed by atoms with Crippen LogP contribution in [0, 0.1) is 0 Å². The minimum Gasteiger partial charge on any atom is -0.305 e. The molecule has 0 radical (unpaired) electrons. The number of hydrogen-bond donors (Lipinski definition) is 0. The van der Waals surface area contributed by atoms with Gasteiger partial charge in [0.05, 0.1) is 6.61 Å². The summed E-state index contributed by atoms with van der Waals surface area (Å²) in [6, 6.07) is 18.9. The Morgan fingerprint density at radius 1 is 0.895 bits per heavy atom. The summed E-state index contributed by atoms with van der Waals surface area (Å²) in [7, 11) is 0. The van der Waals surface area contributed by atoms with Gasteiger partial charge in [-0.25, -0.2) is 0 Å². The van der Waals surface area contributed by atoms with Gasteiger partial charge in [-0.3, -0.25) is 0 Å². The molecule has 0 heterocycles. The Hall–Kier alpha value is -1.25. The van der Waals surface area contributed by atoms with Gasteiger partial charge < -0.3 is 4.18 Å². The highest BCUT2D eigenvalue weighted by Crippen LogP contribution is 2.20. The summed E-state index contributed by atoms with van der Waals surface area (Å²) >= 11 is 1.43. The van der Waals surface area contributed by atoms with Crippen molar-refractivity contribution in [2.24, 2.45) is 0 Å². The smallest absolute Gasteiger partial charge is 0.0869 e. The van der Waals surface area contributed by atoms with E-state index < -0.39 is 0 Å². The minimum absolute atomic E-state index is 0.646. The van der Waals surface area contributed by atoms with Crippen LogP contribution in [0.4, 0.5) is 0 Å². The molecule has 0 bridgehead atoms. The monoisotopic (exact) mass is 272 g/mol. The molecule has 0 aliphatic rings. The van der Waals surface area contributed by atoms with Crippen LogP contribution in [0.25, 0.3) is 0 Å². The molecule has 0 spiro atoms. The minimum atomic E-state index is 0.646. The summed E-state index contributed by atoms with van der Waals surface area (Å²) in [5, 5.41) is 0. The molecule has 2 aromatic rings. The SMILES string of the molecule is CCCCc1ccc(COSc2ccccc2)cc1. The highest BCUT2D eigenvalue weighted by molar-refractivity contribution is 7.94. The largest absolute Gasteiger partial charge is 0.305 e. The molecule has 0 aliphatic heterocycles. The third-order valence-corrected chi connectivity index (χ3v) is 3.67. The van der Waals surface area contributed by atoms with Crippen LogP contribution in [0.15, 0.2) is 59.5 Å². The first-order valence-electron chi connectivity index (χ1n) is 6.81. The zero-order valence-corrected chi connectivity index (χ0v) is 12.2. The van der Waals surface area contributed by atoms with Gasteiger partial charge in [0.2, 0.25) is 0 Å². The first-order chi connectivity index (χ1) is 9.38. The van der Waals surface area contributed by atoms with E-state index in [1.54, 1.807) is 0 Å². The Kier molecular flexibility index (Phi) is 5.99. The average molecular weight is 272 g/mol. The van der Waals surface area contributed by atoms with Crippen molar-refractivity contribution in [3.8, 4) is 0 Å². The topological polar surface area (TPSA) is 9.23 Å². The summed E-state index contributed by atoms with van der Waals surface area (Å²) < 4.78 is 5.64. The number of unbranched alkanes of at least 4 members (excludes halogenated alkanes) is 1. The zero-order chi connectivity index (χ0) is 13.3. The first kappa shape index (κ1) is 14.2. The molecule has 0 aliphatic carbocycles. The van der Waals surface area contributed by atoms with Gasteiger partial charge in [0, 0.05) is 16.9 Å². The first-order valence-corrected chi connectivity index (χ1v) is 7.55. The number of benzene rings is 2. The van der Waals surface area contributed by atoms with Crippen molar-refractivity contribution in [3.63, 3.8) is 0 Å². The molecule has 0 saturated carbocycles. The molecule has 1 nitrogen and oxygen atoms in total. The molecule has 2 aromatic carbocycles. The Labute approximate surface area is 120 Å². The third-order valence-electron chi connectivity index (χ3n) is 2.97. The quantitative estimate of drug-likeness (QED) is 0.636. The summed E-state index contributed by atoms with van der Waals surface area (Å²) in [4.78, 5) is 1.14. The second kappa shape index (κ2) is 8.03. The molecule has 0 unspecified atom stereocenters. The lowest BCUT2D eigenvalue weighted by Crippen LogP contribution is -1.89. The molecule has 0 N–H and O–H groups in total. The molecule has 0 aromatic heterocycles. The Bertz CT molecular complexity index is 464. The van der Waals surface area contributed by atoms with E-state index in [4.69, 9.17) is 4.18 Å². The van der Waals surface area contributed by atoms with E-state index in [0.29, 0.717) is 6.61 Å². The van der Waals surface area contributed by atoms with Gasteiger partial charge in [0.25, 0.3) is 0 Å². The zero-order valence-electron chi connectivity index (χ0n) is 11.3. The number of hydrogen-bond acceptors (Lipinski definition) is 2. The predicted octanol–water partition coefficient (Wildman–Crippen LogP) is 5.25. The maximum atomic E-state index is 5.64. The number of aryl methyl sites for hydroxylation is 1. The van der Waals surface area contributed by atoms with Crippen molar-refractivity contribution in [2.75, 3.05) is 0 Å². The summed E-state index contributed by atoms with van der Waals surface area (Å²) in [5.41, 5.74) is 2.64. The maximum Gasteiger partial charge on any atom is 0.0869 e. The molecule has 2 rings (SSSR count). The number of rotatable bonds is 7. The maximum absolute atomic E-state index is 5.64. The van der Waals surface area contributed by atoms with E-state index in [0.717, 1.165) is 4.90 Å². The molecule has 0 amide bonds. The van der Waals surface area contributed by atoms with E-state index in [1.807, 2.05) is 18.2 Å². The molecule has 2 heteroatoms. The fourth-order valence-corrected chi connectivity index (χ4v) is 2.42. The normalized spacial score (nSPS) is 10.6. The van der Waals surface area contributed by atoms with E-state index >= 15 is 0 Å².